The van der Waals surface area contributed by atoms with Crippen molar-refractivity contribution in [2.75, 3.05) is 19.0 Å². The van der Waals surface area contributed by atoms with Gasteiger partial charge in [0, 0.05) is 16.5 Å². The first-order valence-electron chi connectivity index (χ1n) is 23.5. The Kier molecular flexibility index (Phi) is 32.2. The lowest BCUT2D eigenvalue weighted by atomic mass is 10.0. The van der Waals surface area contributed by atoms with Crippen molar-refractivity contribution in [3.63, 3.8) is 0 Å². The van der Waals surface area contributed by atoms with Crippen molar-refractivity contribution < 1.29 is 14.3 Å². The van der Waals surface area contributed by atoms with Gasteiger partial charge in [0.05, 0.1) is 13.2 Å². The number of unbranched alkanes of at least 4 members (excludes halogenated alkanes) is 27. The summed E-state index contributed by atoms with van der Waals surface area (Å²) in [6.07, 6.45) is 44.0. The normalized spacial score (nSPS) is 11.5. The van der Waals surface area contributed by atoms with E-state index in [0.29, 0.717) is 13.2 Å². The lowest BCUT2D eigenvalue weighted by Crippen LogP contribution is -2.01. The van der Waals surface area contributed by atoms with E-state index < -0.39 is 0 Å². The van der Waals surface area contributed by atoms with Crippen LogP contribution in [0.25, 0.3) is 6.08 Å². The molecule has 2 aromatic rings. The van der Waals surface area contributed by atoms with Gasteiger partial charge in [-0.15, -0.1) is 11.8 Å². The minimum Gasteiger partial charge on any atom is -0.493 e. The highest BCUT2D eigenvalue weighted by Crippen LogP contribution is 2.26. The Bertz CT molecular complexity index is 1150. The van der Waals surface area contributed by atoms with Crippen molar-refractivity contribution in [3.8, 4) is 11.5 Å². The summed E-state index contributed by atoms with van der Waals surface area (Å²) in [5.74, 6) is 2.79. The lowest BCUT2D eigenvalue weighted by Gasteiger charge is -2.11. The van der Waals surface area contributed by atoms with Gasteiger partial charge >= 0.3 is 0 Å². The van der Waals surface area contributed by atoms with Gasteiger partial charge in [0.2, 0.25) is 0 Å². The first-order chi connectivity index (χ1) is 27.2. The van der Waals surface area contributed by atoms with E-state index in [4.69, 9.17) is 9.47 Å². The van der Waals surface area contributed by atoms with Gasteiger partial charge in [-0.25, -0.2) is 0 Å². The molecule has 0 radical (unpaired) electrons. The van der Waals surface area contributed by atoms with Gasteiger partial charge in [0.1, 0.15) is 11.5 Å². The number of carbonyl (C=O) groups excluding carboxylic acids is 1. The molecule has 0 spiro atoms. The van der Waals surface area contributed by atoms with Crippen LogP contribution in [0.15, 0.2) is 53.4 Å². The molecule has 0 aliphatic carbocycles. The maximum Gasteiger partial charge on any atom is 0.185 e. The molecule has 2 aromatic carbocycles. The number of benzene rings is 2. The van der Waals surface area contributed by atoms with Crippen molar-refractivity contribution in [1.29, 1.82) is 0 Å². The highest BCUT2D eigenvalue weighted by molar-refractivity contribution is 7.99. The molecule has 0 amide bonds. The van der Waals surface area contributed by atoms with Crippen molar-refractivity contribution >= 4 is 23.6 Å². The molecule has 2 rings (SSSR count). The van der Waals surface area contributed by atoms with Crippen LogP contribution in [0.3, 0.4) is 0 Å². The van der Waals surface area contributed by atoms with Crippen LogP contribution in [-0.2, 0) is 0 Å². The fraction of sp³-hybridized carbons (Fsp3) is 0.706. The number of ketones is 1. The fourth-order valence-electron chi connectivity index (χ4n) is 7.18. The second-order valence-corrected chi connectivity index (χ2v) is 17.2. The molecule has 0 fully saturated rings. The summed E-state index contributed by atoms with van der Waals surface area (Å²) in [6.45, 7) is 8.19. The summed E-state index contributed by atoms with van der Waals surface area (Å²) in [5, 5.41) is 0. The van der Waals surface area contributed by atoms with Crippen LogP contribution in [0.5, 0.6) is 11.5 Å². The van der Waals surface area contributed by atoms with E-state index in [9.17, 15) is 4.79 Å². The monoisotopic (exact) mass is 777 g/mol. The van der Waals surface area contributed by atoms with Gasteiger partial charge < -0.3 is 9.47 Å². The number of hydrogen-bond acceptors (Lipinski definition) is 4. The van der Waals surface area contributed by atoms with Gasteiger partial charge in [-0.1, -0.05) is 200 Å². The second kappa shape index (κ2) is 36.2. The molecule has 0 saturated carbocycles. The first-order valence-corrected chi connectivity index (χ1v) is 24.5. The SMILES string of the molecule is CCCCCCCCCCCCCCCCCCCCCCSc1ccc(C(=O)/C=C/c2cc(OCCCCCCC)cc(OCCCCCCC)c2)cc1. The molecular formula is C51H84O3S. The third-order valence-electron chi connectivity index (χ3n) is 10.8. The van der Waals surface area contributed by atoms with Gasteiger partial charge in [-0.3, -0.25) is 4.79 Å². The zero-order valence-corrected chi connectivity index (χ0v) is 37.0. The minimum absolute atomic E-state index is 0.0197. The average Bonchev–Trinajstić information content (AvgIpc) is 3.20. The molecule has 312 valence electrons. The maximum atomic E-state index is 13.1. The molecule has 0 aromatic heterocycles. The van der Waals surface area contributed by atoms with Crippen LogP contribution < -0.4 is 9.47 Å². The topological polar surface area (TPSA) is 35.5 Å². The Balaban J connectivity index is 1.59. The molecule has 4 heteroatoms. The van der Waals surface area contributed by atoms with Gasteiger partial charge in [-0.05, 0) is 73.1 Å². The van der Waals surface area contributed by atoms with Crippen molar-refractivity contribution in [1.82, 2.24) is 0 Å². The highest BCUT2D eigenvalue weighted by Gasteiger charge is 2.06. The van der Waals surface area contributed by atoms with E-state index in [2.05, 4.69) is 32.9 Å². The summed E-state index contributed by atoms with van der Waals surface area (Å²) in [6, 6.07) is 14.2. The molecule has 0 aliphatic rings. The van der Waals surface area contributed by atoms with E-state index in [1.165, 1.54) is 185 Å². The Morgan fingerprint density at radius 1 is 0.473 bits per heavy atom. The zero-order chi connectivity index (χ0) is 39.3. The Morgan fingerprint density at radius 3 is 1.24 bits per heavy atom. The highest BCUT2D eigenvalue weighted by atomic mass is 32.2. The maximum absolute atomic E-state index is 13.1. The summed E-state index contributed by atoms with van der Waals surface area (Å²) in [7, 11) is 0. The average molecular weight is 777 g/mol. The number of rotatable bonds is 39. The molecule has 3 nitrogen and oxygen atoms in total. The molecule has 55 heavy (non-hydrogen) atoms. The smallest absolute Gasteiger partial charge is 0.185 e. The summed E-state index contributed by atoms with van der Waals surface area (Å²) < 4.78 is 12.3. The van der Waals surface area contributed by atoms with E-state index in [1.54, 1.807) is 6.08 Å². The van der Waals surface area contributed by atoms with E-state index in [-0.39, 0.29) is 5.78 Å². The van der Waals surface area contributed by atoms with Crippen LogP contribution >= 0.6 is 11.8 Å². The number of thioether (sulfide) groups is 1. The molecule has 0 unspecified atom stereocenters. The zero-order valence-electron chi connectivity index (χ0n) is 36.2. The predicted octanol–water partition coefficient (Wildman–Crippen LogP) is 17.2. The lowest BCUT2D eigenvalue weighted by molar-refractivity contribution is 0.104. The number of hydrogen-bond donors (Lipinski definition) is 0. The molecular weight excluding hydrogens is 693 g/mol. The summed E-state index contributed by atoms with van der Waals surface area (Å²) in [5.41, 5.74) is 1.65. The Hall–Kier alpha value is -2.20. The van der Waals surface area contributed by atoms with Gasteiger partial charge in [-0.2, -0.15) is 0 Å². The number of ether oxygens (including phenoxy) is 2. The molecule has 0 bridgehead atoms. The number of allylic oxidation sites excluding steroid dienone is 1. The van der Waals surface area contributed by atoms with Crippen LogP contribution in [0.4, 0.5) is 0 Å². The Morgan fingerprint density at radius 2 is 0.836 bits per heavy atom. The van der Waals surface area contributed by atoms with Gasteiger partial charge in [0.15, 0.2) is 5.78 Å². The van der Waals surface area contributed by atoms with E-state index >= 15 is 0 Å². The largest absolute Gasteiger partial charge is 0.493 e. The van der Waals surface area contributed by atoms with Crippen molar-refractivity contribution in [2.45, 2.75) is 218 Å². The van der Waals surface area contributed by atoms with Crippen LogP contribution in [0.1, 0.15) is 229 Å². The molecule has 0 aliphatic heterocycles. The standard InChI is InChI=1S/C51H84O3S/c1-4-7-10-13-14-15-16-17-18-19-20-21-22-23-24-25-26-27-30-33-42-55-50-37-35-47(36-38-50)51(52)39-34-46-43-48(53-40-31-28-11-8-5-2)45-49(44-46)54-41-32-29-12-9-6-3/h34-39,43-45H,4-33,40-42H2,1-3H3/b39-34+. The first kappa shape index (κ1) is 48.9. The van der Waals surface area contributed by atoms with E-state index in [1.807, 2.05) is 48.2 Å². The van der Waals surface area contributed by atoms with Crippen LogP contribution in [-0.4, -0.2) is 24.7 Å². The van der Waals surface area contributed by atoms with Crippen molar-refractivity contribution in [3.05, 3.63) is 59.7 Å². The van der Waals surface area contributed by atoms with Crippen LogP contribution in [0.2, 0.25) is 0 Å². The molecule has 0 saturated heterocycles. The quantitative estimate of drug-likeness (QED) is 0.0293. The molecule has 0 N–H and O–H groups in total. The number of carbonyl (C=O) groups is 1. The fourth-order valence-corrected chi connectivity index (χ4v) is 8.09. The predicted molar refractivity (Wildman–Crippen MR) is 243 cm³/mol. The van der Waals surface area contributed by atoms with Crippen molar-refractivity contribution in [2.24, 2.45) is 0 Å². The Labute approximate surface area is 345 Å². The minimum atomic E-state index is 0.0197. The molecule has 0 heterocycles. The van der Waals surface area contributed by atoms with Crippen LogP contribution in [0, 0.1) is 0 Å². The summed E-state index contributed by atoms with van der Waals surface area (Å²) in [4.78, 5) is 14.3. The third-order valence-corrected chi connectivity index (χ3v) is 11.9. The second-order valence-electron chi connectivity index (χ2n) is 16.1. The van der Waals surface area contributed by atoms with Gasteiger partial charge in [0.25, 0.3) is 0 Å². The summed E-state index contributed by atoms with van der Waals surface area (Å²) >= 11 is 1.91. The molecule has 0 atom stereocenters. The third kappa shape index (κ3) is 27.9. The van der Waals surface area contributed by atoms with E-state index in [0.717, 1.165) is 41.2 Å².